The summed E-state index contributed by atoms with van der Waals surface area (Å²) in [7, 11) is 0. The molecule has 0 saturated carbocycles. The molecule has 0 aliphatic carbocycles. The fraction of sp³-hybridized carbons (Fsp3) is 1.00. The molecule has 0 bridgehead atoms. The van der Waals surface area contributed by atoms with Crippen molar-refractivity contribution in [3.63, 3.8) is 0 Å². The summed E-state index contributed by atoms with van der Waals surface area (Å²) >= 11 is 0. The van der Waals surface area contributed by atoms with Crippen LogP contribution in [0, 0.1) is 0 Å². The van der Waals surface area contributed by atoms with Crippen LogP contribution in [0.1, 0.15) is 174 Å². The lowest BCUT2D eigenvalue weighted by Crippen LogP contribution is -2.30. The average molecular weight is 485 g/mol. The van der Waals surface area contributed by atoms with Crippen LogP contribution in [0.5, 0.6) is 0 Å². The average Bonchev–Trinajstić information content (AvgIpc) is 2.84. The zero-order valence-electron chi connectivity index (χ0n) is 23.5. The van der Waals surface area contributed by atoms with E-state index in [4.69, 9.17) is 4.74 Å². The molecule has 3 nitrogen and oxygen atoms in total. The first-order valence-corrected chi connectivity index (χ1v) is 15.7. The number of aliphatic hydroxyl groups is 2. The standard InChI is InChI=1S/C31H64O3/c1-3-5-7-9-11-13-15-16-17-18-20-22-24-26-28-34-29-31(33)30(32)27-25-23-21-19-14-12-10-8-6-4-2/h30-33H,3-29H2,1-2H3. The second-order valence-corrected chi connectivity index (χ2v) is 10.8. The SMILES string of the molecule is CCCCCCCCCCCCCCCCOCC(O)C(O)CCCCCCCCCCCC. The third kappa shape index (κ3) is 26.5. The monoisotopic (exact) mass is 484 g/mol. The van der Waals surface area contributed by atoms with Crippen LogP contribution in [0.25, 0.3) is 0 Å². The molecule has 0 fully saturated rings. The zero-order chi connectivity index (χ0) is 25.0. The number of unbranched alkanes of at least 4 members (excludes halogenated alkanes) is 22. The summed E-state index contributed by atoms with van der Waals surface area (Å²) in [6.07, 6.45) is 31.3. The van der Waals surface area contributed by atoms with E-state index in [-0.39, 0.29) is 6.61 Å². The van der Waals surface area contributed by atoms with Crippen LogP contribution in [0.15, 0.2) is 0 Å². The number of hydrogen-bond donors (Lipinski definition) is 2. The van der Waals surface area contributed by atoms with Crippen molar-refractivity contribution >= 4 is 0 Å². The van der Waals surface area contributed by atoms with E-state index in [0.717, 1.165) is 12.8 Å². The quantitative estimate of drug-likeness (QED) is 0.104. The number of ether oxygens (including phenoxy) is 1. The van der Waals surface area contributed by atoms with Gasteiger partial charge >= 0.3 is 0 Å². The Bertz CT molecular complexity index is 361. The highest BCUT2D eigenvalue weighted by atomic mass is 16.5. The Labute approximate surface area is 214 Å². The maximum absolute atomic E-state index is 10.1. The van der Waals surface area contributed by atoms with Gasteiger partial charge in [-0.05, 0) is 12.8 Å². The van der Waals surface area contributed by atoms with Gasteiger partial charge in [0.15, 0.2) is 0 Å². The molecule has 3 heteroatoms. The Balaban J connectivity index is 3.26. The summed E-state index contributed by atoms with van der Waals surface area (Å²) in [4.78, 5) is 0. The van der Waals surface area contributed by atoms with E-state index in [1.54, 1.807) is 0 Å². The van der Waals surface area contributed by atoms with E-state index >= 15 is 0 Å². The van der Waals surface area contributed by atoms with Crippen molar-refractivity contribution in [3.8, 4) is 0 Å². The topological polar surface area (TPSA) is 49.7 Å². The van der Waals surface area contributed by atoms with Crippen molar-refractivity contribution in [2.45, 2.75) is 187 Å². The first-order chi connectivity index (χ1) is 16.7. The minimum atomic E-state index is -0.731. The second-order valence-electron chi connectivity index (χ2n) is 10.8. The molecule has 0 aliphatic heterocycles. The third-order valence-corrected chi connectivity index (χ3v) is 7.23. The zero-order valence-corrected chi connectivity index (χ0v) is 23.5. The van der Waals surface area contributed by atoms with Gasteiger partial charge in [0.25, 0.3) is 0 Å². The first kappa shape index (κ1) is 33.9. The molecule has 0 heterocycles. The van der Waals surface area contributed by atoms with E-state index in [1.807, 2.05) is 0 Å². The minimum Gasteiger partial charge on any atom is -0.390 e. The molecule has 0 aromatic rings. The van der Waals surface area contributed by atoms with Gasteiger partial charge in [0.2, 0.25) is 0 Å². The molecule has 0 radical (unpaired) electrons. The van der Waals surface area contributed by atoms with Gasteiger partial charge in [-0.25, -0.2) is 0 Å². The lowest BCUT2D eigenvalue weighted by molar-refractivity contribution is -0.0418. The van der Waals surface area contributed by atoms with Crippen molar-refractivity contribution < 1.29 is 14.9 Å². The molecule has 2 N–H and O–H groups in total. The van der Waals surface area contributed by atoms with Crippen LogP contribution >= 0.6 is 0 Å². The van der Waals surface area contributed by atoms with E-state index in [2.05, 4.69) is 13.8 Å². The van der Waals surface area contributed by atoms with Gasteiger partial charge in [0.05, 0.1) is 12.7 Å². The maximum Gasteiger partial charge on any atom is 0.103 e. The molecule has 0 saturated heterocycles. The normalized spacial score (nSPS) is 13.4. The molecule has 0 aromatic heterocycles. The Morgan fingerprint density at radius 2 is 0.735 bits per heavy atom. The molecule has 206 valence electrons. The molecular weight excluding hydrogens is 420 g/mol. The van der Waals surface area contributed by atoms with Gasteiger partial charge in [-0.3, -0.25) is 0 Å². The lowest BCUT2D eigenvalue weighted by atomic mass is 10.0. The molecule has 0 aromatic carbocycles. The van der Waals surface area contributed by atoms with E-state index in [1.165, 1.54) is 141 Å². The van der Waals surface area contributed by atoms with Crippen LogP contribution in [-0.4, -0.2) is 35.6 Å². The Morgan fingerprint density at radius 3 is 1.12 bits per heavy atom. The fourth-order valence-electron chi connectivity index (χ4n) is 4.75. The van der Waals surface area contributed by atoms with E-state index < -0.39 is 12.2 Å². The van der Waals surface area contributed by atoms with Gasteiger partial charge < -0.3 is 14.9 Å². The Kier molecular flexibility index (Phi) is 29.0. The van der Waals surface area contributed by atoms with Gasteiger partial charge in [0, 0.05) is 6.61 Å². The number of rotatable bonds is 29. The second kappa shape index (κ2) is 29.1. The predicted molar refractivity (Wildman–Crippen MR) is 150 cm³/mol. The molecule has 0 aliphatic rings. The smallest absolute Gasteiger partial charge is 0.103 e. The Morgan fingerprint density at radius 1 is 0.412 bits per heavy atom. The van der Waals surface area contributed by atoms with Crippen LogP contribution in [0.4, 0.5) is 0 Å². The van der Waals surface area contributed by atoms with Gasteiger partial charge in [0.1, 0.15) is 6.10 Å². The van der Waals surface area contributed by atoms with Crippen molar-refractivity contribution in [1.29, 1.82) is 0 Å². The van der Waals surface area contributed by atoms with Crippen molar-refractivity contribution in [2.24, 2.45) is 0 Å². The molecule has 2 unspecified atom stereocenters. The molecule has 0 spiro atoms. The fourth-order valence-corrected chi connectivity index (χ4v) is 4.75. The number of aliphatic hydroxyl groups excluding tert-OH is 2. The summed E-state index contributed by atoms with van der Waals surface area (Å²) in [6.45, 7) is 5.53. The van der Waals surface area contributed by atoms with Crippen molar-refractivity contribution in [3.05, 3.63) is 0 Å². The highest BCUT2D eigenvalue weighted by molar-refractivity contribution is 4.66. The van der Waals surface area contributed by atoms with Crippen molar-refractivity contribution in [2.75, 3.05) is 13.2 Å². The first-order valence-electron chi connectivity index (χ1n) is 15.7. The predicted octanol–water partition coefficient (Wildman–Crippen LogP) is 9.52. The largest absolute Gasteiger partial charge is 0.390 e. The van der Waals surface area contributed by atoms with E-state index in [9.17, 15) is 10.2 Å². The lowest BCUT2D eigenvalue weighted by Gasteiger charge is -2.17. The third-order valence-electron chi connectivity index (χ3n) is 7.23. The summed E-state index contributed by atoms with van der Waals surface area (Å²) in [6, 6.07) is 0. The highest BCUT2D eigenvalue weighted by Crippen LogP contribution is 2.14. The molecular formula is C31H64O3. The summed E-state index contributed by atoms with van der Waals surface area (Å²) in [5.74, 6) is 0. The van der Waals surface area contributed by atoms with Crippen LogP contribution in [-0.2, 0) is 4.74 Å². The minimum absolute atomic E-state index is 0.275. The summed E-state index contributed by atoms with van der Waals surface area (Å²) in [5.41, 5.74) is 0. The summed E-state index contributed by atoms with van der Waals surface area (Å²) in [5, 5.41) is 20.2. The molecule has 0 amide bonds. The van der Waals surface area contributed by atoms with Crippen LogP contribution in [0.3, 0.4) is 0 Å². The highest BCUT2D eigenvalue weighted by Gasteiger charge is 2.15. The molecule has 0 rings (SSSR count). The van der Waals surface area contributed by atoms with Gasteiger partial charge in [-0.1, -0.05) is 162 Å². The van der Waals surface area contributed by atoms with Gasteiger partial charge in [-0.15, -0.1) is 0 Å². The summed E-state index contributed by atoms with van der Waals surface area (Å²) < 4.78 is 5.61. The van der Waals surface area contributed by atoms with Crippen LogP contribution in [0.2, 0.25) is 0 Å². The molecule has 2 atom stereocenters. The molecule has 34 heavy (non-hydrogen) atoms. The van der Waals surface area contributed by atoms with Crippen molar-refractivity contribution in [1.82, 2.24) is 0 Å². The Hall–Kier alpha value is -0.120. The number of hydrogen-bond acceptors (Lipinski definition) is 3. The van der Waals surface area contributed by atoms with E-state index in [0.29, 0.717) is 13.0 Å². The van der Waals surface area contributed by atoms with Crippen LogP contribution < -0.4 is 0 Å². The maximum atomic E-state index is 10.1. The van der Waals surface area contributed by atoms with Gasteiger partial charge in [-0.2, -0.15) is 0 Å².